The monoisotopic (exact) mass is 196 g/mol. The van der Waals surface area contributed by atoms with E-state index in [9.17, 15) is 9.90 Å². The molecule has 0 aliphatic carbocycles. The minimum absolute atomic E-state index is 0.0937. The lowest BCUT2D eigenvalue weighted by Gasteiger charge is -2.08. The van der Waals surface area contributed by atoms with Crippen molar-refractivity contribution in [3.05, 3.63) is 28.8 Å². The normalized spacial score (nSPS) is 9.93. The van der Waals surface area contributed by atoms with Crippen LogP contribution in [0.3, 0.4) is 0 Å². The van der Waals surface area contributed by atoms with Crippen molar-refractivity contribution in [2.24, 2.45) is 0 Å². The van der Waals surface area contributed by atoms with Gasteiger partial charge >= 0.3 is 5.97 Å². The van der Waals surface area contributed by atoms with Crippen LogP contribution in [-0.4, -0.2) is 17.7 Å². The molecule has 0 saturated heterocycles. The van der Waals surface area contributed by atoms with Gasteiger partial charge < -0.3 is 9.84 Å². The van der Waals surface area contributed by atoms with Gasteiger partial charge in [0.05, 0.1) is 12.2 Å². The molecule has 3 heteroatoms. The van der Waals surface area contributed by atoms with Crippen molar-refractivity contribution in [2.45, 2.75) is 20.8 Å². The highest BCUT2D eigenvalue weighted by molar-refractivity contribution is 5.91. The van der Waals surface area contributed by atoms with Crippen LogP contribution in [0.2, 0.25) is 0 Å². The predicted octanol–water partition coefficient (Wildman–Crippen LogP) is 2.19. The molecule has 14 heavy (non-hydrogen) atoms. The molecule has 0 bridgehead atoms. The van der Waals surface area contributed by atoms with Gasteiger partial charge in [0.2, 0.25) is 0 Å². The Balaban J connectivity index is 3.13. The van der Waals surface area contributed by atoms with Crippen molar-refractivity contribution < 1.29 is 14.6 Å². The fourth-order valence-corrected chi connectivity index (χ4v) is 1.26. The number of rotatable bonds is 2. The second kappa shape index (κ2) is 4.13. The van der Waals surface area contributed by atoms with Gasteiger partial charge in [0.1, 0.15) is 5.75 Å². The van der Waals surface area contributed by atoms with Crippen LogP contribution in [0.5, 0.6) is 5.75 Å². The van der Waals surface area contributed by atoms with E-state index in [1.165, 1.54) is 6.07 Å². The smallest absolute Gasteiger partial charge is 0.338 e. The maximum Gasteiger partial charge on any atom is 0.338 e. The maximum atomic E-state index is 11.4. The third kappa shape index (κ3) is 2.05. The summed E-state index contributed by atoms with van der Waals surface area (Å²) in [6.45, 7) is 5.77. The lowest BCUT2D eigenvalue weighted by Crippen LogP contribution is -2.07. The molecular weight excluding hydrogens is 182 g/mol. The zero-order valence-electron chi connectivity index (χ0n) is 8.63. The van der Waals surface area contributed by atoms with Gasteiger partial charge in [-0.05, 0) is 44.0 Å². The van der Waals surface area contributed by atoms with Crippen molar-refractivity contribution in [3.63, 3.8) is 0 Å². The fraction of sp³-hybridized carbons (Fsp3) is 0.364. The Morgan fingerprint density at radius 1 is 1.57 bits per heavy atom. The van der Waals surface area contributed by atoms with E-state index in [1.54, 1.807) is 13.0 Å². The number of aromatic hydroxyl groups is 1. The summed E-state index contributed by atoms with van der Waals surface area (Å²) < 4.78 is 4.87. The van der Waals surface area contributed by atoms with Gasteiger partial charge in [0.15, 0.2) is 0 Å². The largest absolute Gasteiger partial charge is 0.508 e. The van der Waals surface area contributed by atoms with Gasteiger partial charge in [0.25, 0.3) is 0 Å². The van der Waals surface area contributed by atoms with Crippen LogP contribution in [-0.2, 0) is 4.74 Å². The minimum Gasteiger partial charge on any atom is -0.508 e. The van der Waals surface area contributed by atoms with Gasteiger partial charge in [-0.25, -0.2) is 4.79 Å². The Kier molecular flexibility index (Phi) is 3.12. The van der Waals surface area contributed by atoms with Gasteiger partial charge in [-0.15, -0.1) is 0 Å². The first-order valence-corrected chi connectivity index (χ1v) is 4.53. The van der Waals surface area contributed by atoms with E-state index < -0.39 is 0 Å². The first-order chi connectivity index (χ1) is 6.56. The summed E-state index contributed by atoms with van der Waals surface area (Å²) in [7, 11) is 0. The first-order valence-electron chi connectivity index (χ1n) is 4.53. The molecule has 0 heterocycles. The molecule has 0 radical (unpaired) electrons. The number of phenols is 1. The maximum absolute atomic E-state index is 11.4. The van der Waals surface area contributed by atoms with Crippen molar-refractivity contribution in [1.82, 2.24) is 0 Å². The highest BCUT2D eigenvalue weighted by Gasteiger charge is 2.12. The fourth-order valence-electron chi connectivity index (χ4n) is 1.26. The Hall–Kier alpha value is -1.51. The molecular formula is C11H14O3. The molecule has 0 spiro atoms. The number of carbonyl (C=O) groups excluding carboxylic acids is 1. The molecule has 1 aromatic carbocycles. The molecule has 1 N–H and O–H groups in total. The van der Waals surface area contributed by atoms with Crippen LogP contribution in [0, 0.1) is 13.8 Å². The summed E-state index contributed by atoms with van der Waals surface area (Å²) in [5.41, 5.74) is 2.17. The van der Waals surface area contributed by atoms with E-state index in [4.69, 9.17) is 4.74 Å². The second-order valence-corrected chi connectivity index (χ2v) is 3.16. The molecule has 0 aromatic heterocycles. The van der Waals surface area contributed by atoms with Crippen LogP contribution in [0.15, 0.2) is 12.1 Å². The van der Waals surface area contributed by atoms with E-state index in [1.807, 2.05) is 13.8 Å². The standard InChI is InChI=1S/C11H14O3/c1-4-14-11(13)10-6-9(12)5-7(2)8(10)3/h5-6,12H,4H2,1-3H3/i8+2. The lowest BCUT2D eigenvalue weighted by atomic mass is 10.2. The van der Waals surface area contributed by atoms with E-state index in [0.717, 1.165) is 11.1 Å². The van der Waals surface area contributed by atoms with Crippen molar-refractivity contribution >= 4 is 5.97 Å². The molecule has 76 valence electrons. The van der Waals surface area contributed by atoms with Gasteiger partial charge in [0, 0.05) is 0 Å². The number of phenolic OH excluding ortho intramolecular Hbond substituents is 1. The molecule has 3 nitrogen and oxygen atoms in total. The van der Waals surface area contributed by atoms with Gasteiger partial charge in [-0.2, -0.15) is 0 Å². The number of esters is 1. The van der Waals surface area contributed by atoms with Gasteiger partial charge in [-0.1, -0.05) is 0 Å². The summed E-state index contributed by atoms with van der Waals surface area (Å²) in [6.07, 6.45) is 0. The second-order valence-electron chi connectivity index (χ2n) is 3.16. The quantitative estimate of drug-likeness (QED) is 0.737. The van der Waals surface area contributed by atoms with Gasteiger partial charge in [-0.3, -0.25) is 0 Å². The summed E-state index contributed by atoms with van der Waals surface area (Å²) in [6, 6.07) is 3.05. The number of hydrogen-bond donors (Lipinski definition) is 1. The van der Waals surface area contributed by atoms with Crippen molar-refractivity contribution in [3.8, 4) is 5.75 Å². The lowest BCUT2D eigenvalue weighted by molar-refractivity contribution is 0.0525. The van der Waals surface area contributed by atoms with Crippen LogP contribution in [0.4, 0.5) is 0 Å². The molecule has 0 fully saturated rings. The summed E-state index contributed by atoms with van der Waals surface area (Å²) in [5, 5.41) is 9.33. The summed E-state index contributed by atoms with van der Waals surface area (Å²) in [4.78, 5) is 11.4. The van der Waals surface area contributed by atoms with E-state index >= 15 is 0 Å². The average Bonchev–Trinajstić information content (AvgIpc) is 2.11. The molecule has 0 atom stereocenters. The molecule has 1 rings (SSSR count). The zero-order chi connectivity index (χ0) is 10.7. The molecule has 0 aliphatic heterocycles. The molecule has 0 amide bonds. The van der Waals surface area contributed by atoms with Crippen LogP contribution >= 0.6 is 0 Å². The Labute approximate surface area is 83.3 Å². The molecule has 0 aliphatic rings. The highest BCUT2D eigenvalue weighted by Crippen LogP contribution is 2.21. The Bertz CT molecular complexity index is 356. The van der Waals surface area contributed by atoms with Crippen LogP contribution in [0.1, 0.15) is 28.4 Å². The number of carbonyl (C=O) groups is 1. The Morgan fingerprint density at radius 2 is 2.21 bits per heavy atom. The molecule has 1 aromatic rings. The number of ether oxygens (including phenoxy) is 1. The van der Waals surface area contributed by atoms with Crippen LogP contribution < -0.4 is 0 Å². The number of benzene rings is 1. The summed E-state index contributed by atoms with van der Waals surface area (Å²) >= 11 is 0. The van der Waals surface area contributed by atoms with Crippen molar-refractivity contribution in [2.75, 3.05) is 6.61 Å². The highest BCUT2D eigenvalue weighted by atomic mass is 16.5. The SMILES string of the molecule is CCOC(=O)c1cc(O)cc(C)[14c]1C. The van der Waals surface area contributed by atoms with E-state index in [-0.39, 0.29) is 11.7 Å². The third-order valence-corrected chi connectivity index (χ3v) is 2.15. The number of hydrogen-bond acceptors (Lipinski definition) is 3. The predicted molar refractivity (Wildman–Crippen MR) is 53.5 cm³/mol. The third-order valence-electron chi connectivity index (χ3n) is 2.15. The topological polar surface area (TPSA) is 46.5 Å². The molecule has 0 saturated carbocycles. The summed E-state index contributed by atoms with van der Waals surface area (Å²) in [5.74, 6) is -0.292. The minimum atomic E-state index is -0.385. The first kappa shape index (κ1) is 10.6. The Morgan fingerprint density at radius 3 is 2.79 bits per heavy atom. The molecule has 0 unspecified atom stereocenters. The average molecular weight is 196 g/mol. The van der Waals surface area contributed by atoms with Crippen LogP contribution in [0.25, 0.3) is 0 Å². The number of aryl methyl sites for hydroxylation is 1. The zero-order valence-corrected chi connectivity index (χ0v) is 8.63. The van der Waals surface area contributed by atoms with E-state index in [2.05, 4.69) is 0 Å². The van der Waals surface area contributed by atoms with Crippen molar-refractivity contribution in [1.29, 1.82) is 0 Å². The van der Waals surface area contributed by atoms with E-state index in [0.29, 0.717) is 12.2 Å².